The quantitative estimate of drug-likeness (QED) is 0.524. The van der Waals surface area contributed by atoms with Crippen molar-refractivity contribution in [2.45, 2.75) is 31.7 Å². The smallest absolute Gasteiger partial charge is 0.286 e. The van der Waals surface area contributed by atoms with Gasteiger partial charge in [-0.1, -0.05) is 25.4 Å². The predicted octanol–water partition coefficient (Wildman–Crippen LogP) is 3.87. The first-order valence-electron chi connectivity index (χ1n) is 10.4. The molecular weight excluding hydrogens is 480 g/mol. The number of nitrogens with zero attached hydrogens (tertiary/aromatic N) is 3. The van der Waals surface area contributed by atoms with Crippen molar-refractivity contribution in [2.24, 2.45) is 10.3 Å². The van der Waals surface area contributed by atoms with Crippen LogP contribution < -0.4 is 15.6 Å². The summed E-state index contributed by atoms with van der Waals surface area (Å²) >= 11 is 6.14. The minimum atomic E-state index is -4.24. The molecule has 3 aromatic rings. The number of anilines is 1. The van der Waals surface area contributed by atoms with E-state index in [2.05, 4.69) is 9.71 Å². The van der Waals surface area contributed by atoms with Crippen LogP contribution >= 0.6 is 11.6 Å². The molecule has 0 aliphatic carbocycles. The lowest BCUT2D eigenvalue weighted by atomic mass is 10.1. The number of aryl methyl sites for hydroxylation is 1. The van der Waals surface area contributed by atoms with E-state index >= 15 is 0 Å². The lowest BCUT2D eigenvalue weighted by molar-refractivity contribution is 0.367. The topological polar surface area (TPSA) is 134 Å². The van der Waals surface area contributed by atoms with Crippen molar-refractivity contribution in [3.63, 3.8) is 0 Å². The number of benzene rings is 2. The van der Waals surface area contributed by atoms with E-state index in [0.717, 1.165) is 0 Å². The van der Waals surface area contributed by atoms with Gasteiger partial charge in [0.1, 0.15) is 28.0 Å². The summed E-state index contributed by atoms with van der Waals surface area (Å²) in [7, 11) is -4.24. The highest BCUT2D eigenvalue weighted by molar-refractivity contribution is 7.90. The van der Waals surface area contributed by atoms with Crippen LogP contribution in [0.2, 0.25) is 5.02 Å². The first-order valence-corrected chi connectivity index (χ1v) is 12.3. The molecule has 176 valence electrons. The Balaban J connectivity index is 1.90. The highest BCUT2D eigenvalue weighted by atomic mass is 35.5. The van der Waals surface area contributed by atoms with E-state index in [1.165, 1.54) is 28.8 Å². The lowest BCUT2D eigenvalue weighted by Crippen LogP contribution is -2.33. The van der Waals surface area contributed by atoms with Crippen LogP contribution in [0.1, 0.15) is 25.8 Å². The minimum Gasteiger partial charge on any atom is -0.506 e. The van der Waals surface area contributed by atoms with Crippen molar-refractivity contribution in [1.82, 2.24) is 4.57 Å². The van der Waals surface area contributed by atoms with E-state index in [9.17, 15) is 18.3 Å². The van der Waals surface area contributed by atoms with Crippen LogP contribution in [0.3, 0.4) is 0 Å². The van der Waals surface area contributed by atoms with Crippen molar-refractivity contribution in [2.75, 3.05) is 11.9 Å². The maximum Gasteiger partial charge on any atom is 0.286 e. The van der Waals surface area contributed by atoms with Gasteiger partial charge in [0.15, 0.2) is 12.4 Å². The first kappa shape index (κ1) is 23.6. The lowest BCUT2D eigenvalue weighted by Gasteiger charge is -2.21. The largest absolute Gasteiger partial charge is 0.506 e. The number of halogens is 1. The maximum atomic E-state index is 13.5. The fraction of sp³-hybridized carbons (Fsp3) is 0.261. The standard InChI is InChI=1S/C23H21ClN4O5S/c1-13(2)7-9-28-18-6-3-14(24)11-16(18)21(29)20(23(28)30)22-26-17-5-4-15(33-10-8-25)12-19(17)34(31,32)27-22/h3-6,11-13,29H,7,9-10H2,1-2H3,(H,26,27). The average Bonchev–Trinajstić information content (AvgIpc) is 2.77. The van der Waals surface area contributed by atoms with Gasteiger partial charge in [-0.15, -0.1) is 4.40 Å². The van der Waals surface area contributed by atoms with Crippen molar-refractivity contribution in [3.05, 3.63) is 57.3 Å². The number of nitrogens with one attached hydrogen (secondary N) is 1. The minimum absolute atomic E-state index is 0.160. The van der Waals surface area contributed by atoms with Gasteiger partial charge in [0.25, 0.3) is 15.6 Å². The Morgan fingerprint density at radius 3 is 2.74 bits per heavy atom. The van der Waals surface area contributed by atoms with E-state index in [4.69, 9.17) is 21.6 Å². The zero-order valence-corrected chi connectivity index (χ0v) is 19.9. The van der Waals surface area contributed by atoms with Gasteiger partial charge in [0.05, 0.1) is 11.2 Å². The van der Waals surface area contributed by atoms with E-state index in [0.29, 0.717) is 34.8 Å². The summed E-state index contributed by atoms with van der Waals surface area (Å²) in [4.78, 5) is 13.3. The highest BCUT2D eigenvalue weighted by Crippen LogP contribution is 2.35. The number of sulfonamides is 1. The second kappa shape index (κ2) is 9.00. The molecule has 1 aliphatic rings. The van der Waals surface area contributed by atoms with Crippen LogP contribution in [-0.4, -0.2) is 30.5 Å². The molecule has 0 atom stereocenters. The summed E-state index contributed by atoms with van der Waals surface area (Å²) in [6, 6.07) is 10.8. The molecule has 0 saturated heterocycles. The van der Waals surface area contributed by atoms with Crippen molar-refractivity contribution < 1.29 is 18.3 Å². The van der Waals surface area contributed by atoms with Crippen molar-refractivity contribution in [1.29, 1.82) is 5.26 Å². The Hall–Kier alpha value is -3.55. The van der Waals surface area contributed by atoms with Crippen molar-refractivity contribution >= 4 is 44.1 Å². The molecular formula is C23H21ClN4O5S. The third-order valence-electron chi connectivity index (χ3n) is 5.37. The number of aromatic hydroxyl groups is 1. The summed E-state index contributed by atoms with van der Waals surface area (Å²) < 4.78 is 36.4. The molecule has 11 heteroatoms. The van der Waals surface area contributed by atoms with Crippen molar-refractivity contribution in [3.8, 4) is 17.6 Å². The molecule has 34 heavy (non-hydrogen) atoms. The monoisotopic (exact) mass is 500 g/mol. The van der Waals surface area contributed by atoms with Crippen LogP contribution in [0, 0.1) is 17.2 Å². The highest BCUT2D eigenvalue weighted by Gasteiger charge is 2.30. The molecule has 0 fully saturated rings. The number of hydrogen-bond donors (Lipinski definition) is 2. The van der Waals surface area contributed by atoms with E-state index < -0.39 is 21.3 Å². The summed E-state index contributed by atoms with van der Waals surface area (Å²) in [5.41, 5.74) is -0.201. The molecule has 2 heterocycles. The number of amidine groups is 1. The molecule has 0 spiro atoms. The summed E-state index contributed by atoms with van der Waals surface area (Å²) in [5.74, 6) is -0.215. The van der Waals surface area contributed by atoms with E-state index in [-0.39, 0.29) is 34.3 Å². The molecule has 1 aliphatic heterocycles. The summed E-state index contributed by atoms with van der Waals surface area (Å²) in [5, 5.41) is 23.2. The zero-order chi connectivity index (χ0) is 24.6. The third-order valence-corrected chi connectivity index (χ3v) is 6.92. The van der Waals surface area contributed by atoms with Gasteiger partial charge in [-0.2, -0.15) is 13.7 Å². The average molecular weight is 501 g/mol. The number of rotatable bonds is 6. The molecule has 0 radical (unpaired) electrons. The Bertz CT molecular complexity index is 1540. The van der Waals surface area contributed by atoms with Crippen LogP contribution in [0.5, 0.6) is 11.5 Å². The SMILES string of the molecule is CC(C)CCn1c(=O)c(C2=NS(=O)(=O)c3cc(OCC#N)ccc3N2)c(O)c2cc(Cl)ccc21. The van der Waals surface area contributed by atoms with Crippen LogP contribution in [-0.2, 0) is 16.6 Å². The normalized spacial score (nSPS) is 14.3. The van der Waals surface area contributed by atoms with Gasteiger partial charge < -0.3 is 19.7 Å². The van der Waals surface area contributed by atoms with Crippen LogP contribution in [0.25, 0.3) is 10.9 Å². The predicted molar refractivity (Wildman–Crippen MR) is 129 cm³/mol. The van der Waals surface area contributed by atoms with Gasteiger partial charge in [0, 0.05) is 23.0 Å². The molecule has 2 N–H and O–H groups in total. The number of pyridine rings is 1. The second-order valence-corrected chi connectivity index (χ2v) is 10.2. The molecule has 9 nitrogen and oxygen atoms in total. The molecule has 2 aromatic carbocycles. The number of fused-ring (bicyclic) bond motifs is 2. The molecule has 0 bridgehead atoms. The van der Waals surface area contributed by atoms with Crippen LogP contribution in [0.4, 0.5) is 5.69 Å². The van der Waals surface area contributed by atoms with Gasteiger partial charge >= 0.3 is 0 Å². The molecule has 0 saturated carbocycles. The number of aromatic nitrogens is 1. The third kappa shape index (κ3) is 4.32. The molecule has 4 rings (SSSR count). The molecule has 0 unspecified atom stereocenters. The van der Waals surface area contributed by atoms with Gasteiger partial charge in [-0.05, 0) is 42.7 Å². The number of nitriles is 1. The molecule has 1 aromatic heterocycles. The van der Waals surface area contributed by atoms with Gasteiger partial charge in [-0.3, -0.25) is 4.79 Å². The second-order valence-electron chi connectivity index (χ2n) is 8.17. The first-order chi connectivity index (χ1) is 16.1. The Labute approximate surface area is 200 Å². The number of hydrogen-bond acceptors (Lipinski definition) is 7. The number of ether oxygens (including phenoxy) is 1. The van der Waals surface area contributed by atoms with Crippen LogP contribution in [0.15, 0.2) is 50.5 Å². The fourth-order valence-corrected chi connectivity index (χ4v) is 5.00. The molecule has 0 amide bonds. The van der Waals surface area contributed by atoms with E-state index in [1.54, 1.807) is 12.1 Å². The maximum absolute atomic E-state index is 13.5. The van der Waals surface area contributed by atoms with Gasteiger partial charge in [0.2, 0.25) is 0 Å². The van der Waals surface area contributed by atoms with Gasteiger partial charge in [-0.25, -0.2) is 0 Å². The van der Waals surface area contributed by atoms with E-state index in [1.807, 2.05) is 19.9 Å². The zero-order valence-electron chi connectivity index (χ0n) is 18.4. The summed E-state index contributed by atoms with van der Waals surface area (Å²) in [6.45, 7) is 4.16. The fourth-order valence-electron chi connectivity index (χ4n) is 3.69. The Morgan fingerprint density at radius 2 is 2.03 bits per heavy atom. The Kier molecular flexibility index (Phi) is 6.25. The Morgan fingerprint density at radius 1 is 1.26 bits per heavy atom. The summed E-state index contributed by atoms with van der Waals surface area (Å²) in [6.07, 6.45) is 0.689.